The SMILES string of the molecule is Cc1cc(C(F)F)c(C)c(CCl)n1. The van der Waals surface area contributed by atoms with E-state index in [1.807, 2.05) is 0 Å². The average Bonchev–Trinajstić information content (AvgIpc) is 2.08. The molecule has 0 saturated carbocycles. The van der Waals surface area contributed by atoms with Gasteiger partial charge in [0.25, 0.3) is 6.43 Å². The largest absolute Gasteiger partial charge is 0.264 e. The molecule has 0 aliphatic carbocycles. The Morgan fingerprint density at radius 3 is 2.54 bits per heavy atom. The number of aryl methyl sites for hydroxylation is 1. The Kier molecular flexibility index (Phi) is 3.20. The van der Waals surface area contributed by atoms with Gasteiger partial charge in [-0.1, -0.05) is 0 Å². The summed E-state index contributed by atoms with van der Waals surface area (Å²) < 4.78 is 24.9. The summed E-state index contributed by atoms with van der Waals surface area (Å²) in [6, 6.07) is 1.40. The fourth-order valence-electron chi connectivity index (χ4n) is 1.19. The van der Waals surface area contributed by atoms with Crippen LogP contribution in [0.4, 0.5) is 8.78 Å². The lowest BCUT2D eigenvalue weighted by atomic mass is 10.1. The van der Waals surface area contributed by atoms with Crippen LogP contribution in [0.3, 0.4) is 0 Å². The molecule has 1 heterocycles. The van der Waals surface area contributed by atoms with E-state index in [0.29, 0.717) is 17.0 Å². The van der Waals surface area contributed by atoms with E-state index in [4.69, 9.17) is 11.6 Å². The van der Waals surface area contributed by atoms with Crippen molar-refractivity contribution in [3.05, 3.63) is 28.6 Å². The predicted molar refractivity (Wildman–Crippen MR) is 48.2 cm³/mol. The standard InChI is InChI=1S/C9H10ClF2N/c1-5-3-7(9(11)12)6(2)8(4-10)13-5/h3,9H,4H2,1-2H3. The van der Waals surface area contributed by atoms with Crippen LogP contribution in [0, 0.1) is 13.8 Å². The van der Waals surface area contributed by atoms with Gasteiger partial charge in [0.05, 0.1) is 11.6 Å². The molecule has 0 unspecified atom stereocenters. The number of rotatable bonds is 2. The topological polar surface area (TPSA) is 12.9 Å². The third-order valence-corrected chi connectivity index (χ3v) is 2.16. The second-order valence-electron chi connectivity index (χ2n) is 2.86. The Bertz CT molecular complexity index is 313. The van der Waals surface area contributed by atoms with Crippen LogP contribution in [-0.4, -0.2) is 4.98 Å². The minimum atomic E-state index is -2.45. The van der Waals surface area contributed by atoms with Gasteiger partial charge in [-0.3, -0.25) is 4.98 Å². The molecule has 1 rings (SSSR count). The summed E-state index contributed by atoms with van der Waals surface area (Å²) in [7, 11) is 0. The van der Waals surface area contributed by atoms with E-state index in [0.717, 1.165) is 0 Å². The van der Waals surface area contributed by atoms with Crippen molar-refractivity contribution in [1.29, 1.82) is 0 Å². The Morgan fingerprint density at radius 2 is 2.08 bits per heavy atom. The Morgan fingerprint density at radius 1 is 1.46 bits per heavy atom. The van der Waals surface area contributed by atoms with Gasteiger partial charge < -0.3 is 0 Å². The quantitative estimate of drug-likeness (QED) is 0.675. The predicted octanol–water partition coefficient (Wildman–Crippen LogP) is 3.37. The van der Waals surface area contributed by atoms with Crippen molar-refractivity contribution < 1.29 is 8.78 Å². The van der Waals surface area contributed by atoms with Crippen LogP contribution in [0.5, 0.6) is 0 Å². The molecule has 0 N–H and O–H groups in total. The lowest BCUT2D eigenvalue weighted by molar-refractivity contribution is 0.150. The van der Waals surface area contributed by atoms with E-state index in [1.54, 1.807) is 13.8 Å². The van der Waals surface area contributed by atoms with E-state index >= 15 is 0 Å². The van der Waals surface area contributed by atoms with E-state index < -0.39 is 6.43 Å². The van der Waals surface area contributed by atoms with Gasteiger partial charge in [-0.05, 0) is 25.5 Å². The molecule has 72 valence electrons. The highest BCUT2D eigenvalue weighted by molar-refractivity contribution is 6.17. The normalized spacial score (nSPS) is 10.9. The molecule has 0 bridgehead atoms. The van der Waals surface area contributed by atoms with Crippen LogP contribution >= 0.6 is 11.6 Å². The van der Waals surface area contributed by atoms with Crippen molar-refractivity contribution in [2.24, 2.45) is 0 Å². The highest BCUT2D eigenvalue weighted by Crippen LogP contribution is 2.25. The van der Waals surface area contributed by atoms with Crippen molar-refractivity contribution in [2.45, 2.75) is 26.2 Å². The number of hydrogen-bond acceptors (Lipinski definition) is 1. The minimum absolute atomic E-state index is 0.0307. The molecule has 0 atom stereocenters. The monoisotopic (exact) mass is 205 g/mol. The molecular weight excluding hydrogens is 196 g/mol. The molecule has 0 radical (unpaired) electrons. The fourth-order valence-corrected chi connectivity index (χ4v) is 1.45. The summed E-state index contributed by atoms with van der Waals surface area (Å²) >= 11 is 5.57. The maximum atomic E-state index is 12.5. The van der Waals surface area contributed by atoms with Crippen molar-refractivity contribution in [2.75, 3.05) is 0 Å². The Hall–Kier alpha value is -0.700. The smallest absolute Gasteiger partial charge is 0.257 e. The summed E-state index contributed by atoms with van der Waals surface area (Å²) in [6.07, 6.45) is -2.45. The number of pyridine rings is 1. The van der Waals surface area contributed by atoms with Gasteiger partial charge in [0, 0.05) is 11.3 Å². The van der Waals surface area contributed by atoms with Crippen LogP contribution in [0.25, 0.3) is 0 Å². The summed E-state index contributed by atoms with van der Waals surface area (Å²) in [6.45, 7) is 3.30. The first-order valence-electron chi connectivity index (χ1n) is 3.87. The molecule has 0 amide bonds. The van der Waals surface area contributed by atoms with Crippen molar-refractivity contribution in [3.8, 4) is 0 Å². The van der Waals surface area contributed by atoms with Crippen LogP contribution < -0.4 is 0 Å². The molecule has 1 aromatic rings. The van der Waals surface area contributed by atoms with Crippen molar-refractivity contribution in [3.63, 3.8) is 0 Å². The number of aromatic nitrogens is 1. The van der Waals surface area contributed by atoms with E-state index in [1.165, 1.54) is 6.07 Å². The van der Waals surface area contributed by atoms with Gasteiger partial charge in [-0.2, -0.15) is 0 Å². The van der Waals surface area contributed by atoms with Gasteiger partial charge in [0.1, 0.15) is 0 Å². The molecule has 0 aliphatic rings. The zero-order chi connectivity index (χ0) is 10.0. The van der Waals surface area contributed by atoms with Gasteiger partial charge in [-0.25, -0.2) is 8.78 Å². The summed E-state index contributed by atoms with van der Waals surface area (Å²) in [5, 5.41) is 0. The summed E-state index contributed by atoms with van der Waals surface area (Å²) in [5.41, 5.74) is 1.65. The lowest BCUT2D eigenvalue weighted by Crippen LogP contribution is -2.00. The van der Waals surface area contributed by atoms with E-state index in [2.05, 4.69) is 4.98 Å². The molecule has 1 aromatic heterocycles. The van der Waals surface area contributed by atoms with Crippen molar-refractivity contribution in [1.82, 2.24) is 4.98 Å². The molecule has 0 aromatic carbocycles. The third-order valence-electron chi connectivity index (χ3n) is 1.90. The molecule has 0 fully saturated rings. The van der Waals surface area contributed by atoms with Gasteiger partial charge in [-0.15, -0.1) is 11.6 Å². The number of hydrogen-bond donors (Lipinski definition) is 0. The highest BCUT2D eigenvalue weighted by Gasteiger charge is 2.14. The van der Waals surface area contributed by atoms with Gasteiger partial charge in [0.2, 0.25) is 0 Å². The summed E-state index contributed by atoms with van der Waals surface area (Å²) in [5.74, 6) is 0.174. The minimum Gasteiger partial charge on any atom is -0.257 e. The first kappa shape index (κ1) is 10.4. The van der Waals surface area contributed by atoms with Crippen LogP contribution in [0.1, 0.15) is 28.9 Å². The molecule has 0 spiro atoms. The second kappa shape index (κ2) is 4.01. The molecular formula is C9H10ClF2N. The maximum absolute atomic E-state index is 12.5. The van der Waals surface area contributed by atoms with E-state index in [-0.39, 0.29) is 11.4 Å². The number of halogens is 3. The first-order chi connectivity index (χ1) is 6.06. The van der Waals surface area contributed by atoms with Crippen LogP contribution in [0.2, 0.25) is 0 Å². The summed E-state index contributed by atoms with van der Waals surface area (Å²) in [4.78, 5) is 4.07. The number of nitrogens with zero attached hydrogens (tertiary/aromatic N) is 1. The Labute approximate surface area is 80.7 Å². The Balaban J connectivity index is 3.27. The molecule has 1 nitrogen and oxygen atoms in total. The zero-order valence-electron chi connectivity index (χ0n) is 7.44. The molecule has 13 heavy (non-hydrogen) atoms. The number of alkyl halides is 3. The van der Waals surface area contributed by atoms with Crippen LogP contribution in [-0.2, 0) is 5.88 Å². The van der Waals surface area contributed by atoms with E-state index in [9.17, 15) is 8.78 Å². The third kappa shape index (κ3) is 2.15. The average molecular weight is 206 g/mol. The fraction of sp³-hybridized carbons (Fsp3) is 0.444. The zero-order valence-corrected chi connectivity index (χ0v) is 8.20. The maximum Gasteiger partial charge on any atom is 0.264 e. The van der Waals surface area contributed by atoms with Gasteiger partial charge >= 0.3 is 0 Å². The first-order valence-corrected chi connectivity index (χ1v) is 4.41. The molecule has 0 saturated heterocycles. The highest BCUT2D eigenvalue weighted by atomic mass is 35.5. The van der Waals surface area contributed by atoms with Gasteiger partial charge in [0.15, 0.2) is 0 Å². The molecule has 4 heteroatoms. The lowest BCUT2D eigenvalue weighted by Gasteiger charge is -2.09. The second-order valence-corrected chi connectivity index (χ2v) is 3.13. The molecule has 0 aliphatic heterocycles. The van der Waals surface area contributed by atoms with Crippen molar-refractivity contribution >= 4 is 11.6 Å². The van der Waals surface area contributed by atoms with Crippen LogP contribution in [0.15, 0.2) is 6.07 Å².